The first-order chi connectivity index (χ1) is 18.8. The van der Waals surface area contributed by atoms with Gasteiger partial charge in [0.1, 0.15) is 6.29 Å². The van der Waals surface area contributed by atoms with Gasteiger partial charge in [-0.2, -0.15) is 0 Å². The second kappa shape index (κ2) is 22.7. The number of aliphatic hydroxyl groups excluding tert-OH is 1. The van der Waals surface area contributed by atoms with Crippen molar-refractivity contribution in [3.63, 3.8) is 0 Å². The van der Waals surface area contributed by atoms with Crippen molar-refractivity contribution in [1.29, 1.82) is 0 Å². The summed E-state index contributed by atoms with van der Waals surface area (Å²) in [5.74, 6) is 4.09. The molecule has 0 aliphatic heterocycles. The molecule has 0 aromatic carbocycles. The zero-order chi connectivity index (χ0) is 30.6. The van der Waals surface area contributed by atoms with Crippen LogP contribution >= 0.6 is 0 Å². The topological polar surface area (TPSA) is 37.3 Å². The predicted octanol–water partition coefficient (Wildman–Crippen LogP) is 11.9. The first-order valence-electron chi connectivity index (χ1n) is 16.7. The molecule has 0 radical (unpaired) electrons. The van der Waals surface area contributed by atoms with Crippen LogP contribution in [-0.4, -0.2) is 24.2 Å². The minimum atomic E-state index is -0.222. The van der Waals surface area contributed by atoms with Gasteiger partial charge in [0.25, 0.3) is 0 Å². The van der Waals surface area contributed by atoms with Crippen molar-refractivity contribution in [1.82, 2.24) is 0 Å². The molecule has 7 atom stereocenters. The van der Waals surface area contributed by atoms with E-state index < -0.39 is 0 Å². The molecule has 4 aliphatic rings. The van der Waals surface area contributed by atoms with Gasteiger partial charge in [0, 0.05) is 10.2 Å². The Hall–Kier alpha value is -0.960. The van der Waals surface area contributed by atoms with Gasteiger partial charge in [-0.1, -0.05) is 92.7 Å². The minimum absolute atomic E-state index is 0. The van der Waals surface area contributed by atoms with E-state index in [9.17, 15) is 9.50 Å². The normalized spacial score (nSPS) is 31.8. The summed E-state index contributed by atoms with van der Waals surface area (Å²) >= 11 is 0. The lowest BCUT2D eigenvalue weighted by atomic mass is 9.51. The molecule has 0 heterocycles. The SMILES string of the molecule is C=C.CC.CC.CC.CC(C)CCCC[C@H]1CCC2[C@@H]3CC(CF)C4=C(CC[C@H](O)C4)C3CC[C@@]21C.CC=O.[HH].[HH].[HH]. The van der Waals surface area contributed by atoms with Crippen molar-refractivity contribution in [3.8, 4) is 0 Å². The van der Waals surface area contributed by atoms with E-state index in [1.807, 2.05) is 41.5 Å². The van der Waals surface area contributed by atoms with Gasteiger partial charge in [0.05, 0.1) is 12.8 Å². The highest BCUT2D eigenvalue weighted by Crippen LogP contribution is 2.64. The molecule has 4 rings (SSSR count). The van der Waals surface area contributed by atoms with E-state index in [4.69, 9.17) is 4.79 Å². The molecule has 0 bridgehead atoms. The average Bonchev–Trinajstić information content (AvgIpc) is 3.31. The van der Waals surface area contributed by atoms with Crippen molar-refractivity contribution < 1.29 is 18.6 Å². The highest BCUT2D eigenvalue weighted by molar-refractivity contribution is 5.44. The fourth-order valence-electron chi connectivity index (χ4n) is 8.02. The number of carbonyl (C=O) groups excluding carboxylic acids is 1. The third-order valence-electron chi connectivity index (χ3n) is 9.52. The Balaban J connectivity index is -0.000000292. The Kier molecular flexibility index (Phi) is 23.4. The Bertz CT molecular complexity index is 658. The van der Waals surface area contributed by atoms with E-state index in [1.165, 1.54) is 63.9 Å². The number of allylic oxidation sites excluding steroid dienone is 1. The van der Waals surface area contributed by atoms with Crippen LogP contribution in [0.1, 0.15) is 151 Å². The van der Waals surface area contributed by atoms with Gasteiger partial charge in [-0.3, -0.25) is 4.39 Å². The van der Waals surface area contributed by atoms with E-state index in [1.54, 1.807) is 5.57 Å². The lowest BCUT2D eigenvalue weighted by Crippen LogP contribution is -2.46. The van der Waals surface area contributed by atoms with Crippen LogP contribution in [0.2, 0.25) is 0 Å². The molecule has 2 fully saturated rings. The number of aldehydes is 1. The Morgan fingerprint density at radius 3 is 2.15 bits per heavy atom. The third kappa shape index (κ3) is 11.1. The molecule has 2 nitrogen and oxygen atoms in total. The third-order valence-corrected chi connectivity index (χ3v) is 9.52. The standard InChI is InChI=1S/C26H43FO.C2H4O.3C2H6.C2H4.3H2/c1-17(2)6-4-5-7-19-8-11-25-24-14-18(16-27)23-15-20(28)9-10-21(23)22(24)12-13-26(19,25)3;1-2-3;4*1-2;;;/h17-20,22,24-25,28H,4-16H2,1-3H3;2H,1H3;3*1-2H3;1-2H2;3*1H/t18?,19-,20-,22?,24+,25?,26+;;;;;;;;/m0......../s1. The summed E-state index contributed by atoms with van der Waals surface area (Å²) in [4.78, 5) is 8.81. The molecule has 0 aromatic heterocycles. The summed E-state index contributed by atoms with van der Waals surface area (Å²) in [5, 5.41) is 10.2. The smallest absolute Gasteiger partial charge is 0.116 e. The molecule has 2 saturated carbocycles. The number of carbonyl (C=O) groups is 1. The van der Waals surface area contributed by atoms with Crippen molar-refractivity contribution in [3.05, 3.63) is 24.3 Å². The second-order valence-corrected chi connectivity index (χ2v) is 11.6. The molecule has 39 heavy (non-hydrogen) atoms. The number of fused-ring (bicyclic) bond motifs is 4. The summed E-state index contributed by atoms with van der Waals surface area (Å²) in [6.07, 6.45) is 15.4. The van der Waals surface area contributed by atoms with Crippen LogP contribution in [0, 0.1) is 40.9 Å². The highest BCUT2D eigenvalue weighted by atomic mass is 19.1. The Labute approximate surface area is 249 Å². The van der Waals surface area contributed by atoms with Gasteiger partial charge >= 0.3 is 0 Å². The predicted molar refractivity (Wildman–Crippen MR) is 178 cm³/mol. The average molecular weight is 559 g/mol. The van der Waals surface area contributed by atoms with E-state index in [2.05, 4.69) is 33.9 Å². The van der Waals surface area contributed by atoms with Crippen molar-refractivity contribution in [2.45, 2.75) is 152 Å². The number of rotatable bonds is 6. The molecular weight excluding hydrogens is 483 g/mol. The number of hydrogen-bond acceptors (Lipinski definition) is 2. The molecular formula is C36H75FO2. The lowest BCUT2D eigenvalue weighted by molar-refractivity contribution is -0.106. The van der Waals surface area contributed by atoms with Crippen molar-refractivity contribution >= 4 is 6.29 Å². The van der Waals surface area contributed by atoms with Crippen LogP contribution in [0.25, 0.3) is 0 Å². The summed E-state index contributed by atoms with van der Waals surface area (Å²) in [6, 6.07) is 0. The Morgan fingerprint density at radius 1 is 1.03 bits per heavy atom. The van der Waals surface area contributed by atoms with E-state index in [-0.39, 0.29) is 23.0 Å². The first-order valence-corrected chi connectivity index (χ1v) is 16.7. The summed E-state index contributed by atoms with van der Waals surface area (Å²) < 4.78 is 14.0. The van der Waals surface area contributed by atoms with Crippen LogP contribution in [-0.2, 0) is 4.79 Å². The molecule has 0 amide bonds. The molecule has 238 valence electrons. The van der Waals surface area contributed by atoms with Crippen LogP contribution < -0.4 is 0 Å². The zero-order valence-electron chi connectivity index (χ0n) is 28.0. The molecule has 0 saturated heterocycles. The number of halogens is 1. The fourth-order valence-corrected chi connectivity index (χ4v) is 8.02. The lowest BCUT2D eigenvalue weighted by Gasteiger charge is -2.54. The van der Waals surface area contributed by atoms with E-state index in [0.29, 0.717) is 17.3 Å². The number of aliphatic hydroxyl groups is 1. The Morgan fingerprint density at radius 2 is 1.62 bits per heavy atom. The molecule has 4 aliphatic carbocycles. The summed E-state index contributed by atoms with van der Waals surface area (Å²) in [6.45, 7) is 26.5. The van der Waals surface area contributed by atoms with Gasteiger partial charge < -0.3 is 9.90 Å². The van der Waals surface area contributed by atoms with Crippen LogP contribution in [0.4, 0.5) is 4.39 Å². The van der Waals surface area contributed by atoms with Gasteiger partial charge in [-0.25, -0.2) is 0 Å². The number of unbranched alkanes of at least 4 members (excludes halogenated alkanes) is 1. The molecule has 3 unspecified atom stereocenters. The molecule has 0 aromatic rings. The maximum absolute atomic E-state index is 14.0. The van der Waals surface area contributed by atoms with Gasteiger partial charge in [-0.05, 0) is 99.7 Å². The van der Waals surface area contributed by atoms with E-state index >= 15 is 0 Å². The van der Waals surface area contributed by atoms with Crippen molar-refractivity contribution in [2.75, 3.05) is 6.67 Å². The number of hydrogen-bond donors (Lipinski definition) is 1. The largest absolute Gasteiger partial charge is 0.393 e. The number of alkyl halides is 1. The molecule has 0 spiro atoms. The molecule has 1 N–H and O–H groups in total. The molecule has 3 heteroatoms. The van der Waals surface area contributed by atoms with Crippen molar-refractivity contribution in [2.24, 2.45) is 40.9 Å². The van der Waals surface area contributed by atoms with Gasteiger partial charge in [-0.15, -0.1) is 13.2 Å². The van der Waals surface area contributed by atoms with Crippen LogP contribution in [0.5, 0.6) is 0 Å². The fraction of sp³-hybridized carbons (Fsp3) is 0.861. The highest BCUT2D eigenvalue weighted by Gasteiger charge is 2.55. The summed E-state index contributed by atoms with van der Waals surface area (Å²) in [7, 11) is 0. The van der Waals surface area contributed by atoms with Crippen LogP contribution in [0.15, 0.2) is 24.3 Å². The first kappa shape index (κ1) is 40.2. The second-order valence-electron chi connectivity index (χ2n) is 11.6. The minimum Gasteiger partial charge on any atom is -0.393 e. The zero-order valence-corrected chi connectivity index (χ0v) is 28.0. The quantitative estimate of drug-likeness (QED) is 0.200. The van der Waals surface area contributed by atoms with Gasteiger partial charge in [0.2, 0.25) is 0 Å². The maximum Gasteiger partial charge on any atom is 0.116 e. The summed E-state index contributed by atoms with van der Waals surface area (Å²) in [5.41, 5.74) is 3.45. The van der Waals surface area contributed by atoms with Gasteiger partial charge in [0.15, 0.2) is 0 Å². The monoisotopic (exact) mass is 559 g/mol. The maximum atomic E-state index is 14.0. The van der Waals surface area contributed by atoms with E-state index in [0.717, 1.165) is 49.7 Å². The van der Waals surface area contributed by atoms with Crippen LogP contribution in [0.3, 0.4) is 0 Å².